The van der Waals surface area contributed by atoms with Gasteiger partial charge in [-0.2, -0.15) is 0 Å². The van der Waals surface area contributed by atoms with E-state index < -0.39 is 0 Å². The zero-order valence-corrected chi connectivity index (χ0v) is 14.9. The van der Waals surface area contributed by atoms with Gasteiger partial charge in [-0.15, -0.1) is 0 Å². The summed E-state index contributed by atoms with van der Waals surface area (Å²) in [6.07, 6.45) is 0. The van der Waals surface area contributed by atoms with Gasteiger partial charge in [0.25, 0.3) is 0 Å². The molecule has 124 valence electrons. The van der Waals surface area contributed by atoms with E-state index in [1.807, 2.05) is 84.9 Å². The Balaban J connectivity index is 1.85. The summed E-state index contributed by atoms with van der Waals surface area (Å²) in [7, 11) is 0. The number of hydrogen-bond donors (Lipinski definition) is 2. The maximum atomic E-state index is 5.95. The van der Waals surface area contributed by atoms with Crippen molar-refractivity contribution in [1.82, 2.24) is 0 Å². The molecule has 0 saturated heterocycles. The molecule has 0 fully saturated rings. The van der Waals surface area contributed by atoms with E-state index in [1.54, 1.807) is 0 Å². The Hall–Kier alpha value is -2.69. The summed E-state index contributed by atoms with van der Waals surface area (Å²) in [6, 6.07) is 27.0. The van der Waals surface area contributed by atoms with Crippen LogP contribution >= 0.6 is 23.8 Å². The molecule has 0 bridgehead atoms. The van der Waals surface area contributed by atoms with Gasteiger partial charge in [-0.3, -0.25) is 0 Å². The van der Waals surface area contributed by atoms with Crippen LogP contribution in [0.25, 0.3) is 0 Å². The summed E-state index contributed by atoms with van der Waals surface area (Å²) in [5, 5.41) is 7.49. The number of para-hydroxylation sites is 1. The monoisotopic (exact) mass is 365 g/mol. The second-order valence-electron chi connectivity index (χ2n) is 5.25. The lowest BCUT2D eigenvalue weighted by Gasteiger charge is -2.12. The Kier molecular flexibility index (Phi) is 5.77. The van der Waals surface area contributed by atoms with E-state index >= 15 is 0 Å². The molecule has 0 spiro atoms. The van der Waals surface area contributed by atoms with E-state index in [4.69, 9.17) is 23.8 Å². The van der Waals surface area contributed by atoms with E-state index in [2.05, 4.69) is 15.6 Å². The normalized spacial score (nSPS) is 11.0. The molecule has 0 aliphatic carbocycles. The van der Waals surface area contributed by atoms with Crippen LogP contribution in [0.3, 0.4) is 0 Å². The highest BCUT2D eigenvalue weighted by atomic mass is 35.5. The van der Waals surface area contributed by atoms with Crippen molar-refractivity contribution in [3.05, 3.63) is 95.5 Å². The first-order chi connectivity index (χ1) is 12.2. The van der Waals surface area contributed by atoms with Crippen LogP contribution in [0.5, 0.6) is 0 Å². The molecule has 2 N–H and O–H groups in total. The fourth-order valence-electron chi connectivity index (χ4n) is 2.21. The topological polar surface area (TPSA) is 36.4 Å². The molecule has 0 unspecified atom stereocenters. The van der Waals surface area contributed by atoms with Crippen molar-refractivity contribution in [3.8, 4) is 0 Å². The van der Waals surface area contributed by atoms with E-state index in [0.717, 1.165) is 16.9 Å². The third-order valence-corrected chi connectivity index (χ3v) is 3.84. The van der Waals surface area contributed by atoms with Crippen LogP contribution in [-0.4, -0.2) is 10.9 Å². The second kappa shape index (κ2) is 8.42. The smallest absolute Gasteiger partial charge is 0.199 e. The molecule has 0 aliphatic rings. The molecule has 0 radical (unpaired) electrons. The number of benzene rings is 3. The number of nitrogens with one attached hydrogen (secondary N) is 2. The Bertz CT molecular complexity index is 862. The van der Waals surface area contributed by atoms with Crippen LogP contribution in [-0.2, 0) is 0 Å². The summed E-state index contributed by atoms with van der Waals surface area (Å²) in [5.41, 5.74) is 2.72. The summed E-state index contributed by atoms with van der Waals surface area (Å²) in [6.45, 7) is 0. The Morgan fingerprint density at radius 2 is 1.28 bits per heavy atom. The lowest BCUT2D eigenvalue weighted by molar-refractivity contribution is 1.52. The standard InChI is InChI=1S/C20H16ClN3S/c21-16-11-13-18(14-12-16)22-19(15-7-3-1-4-8-15)24-20(25)23-17-9-5-2-6-10-17/h1-14H,(H2,22,23,24,25). The van der Waals surface area contributed by atoms with Gasteiger partial charge in [-0.1, -0.05) is 60.1 Å². The number of halogens is 1. The average molecular weight is 366 g/mol. The van der Waals surface area contributed by atoms with Gasteiger partial charge >= 0.3 is 0 Å². The largest absolute Gasteiger partial charge is 0.340 e. The fourth-order valence-corrected chi connectivity index (χ4v) is 2.54. The maximum absolute atomic E-state index is 5.95. The summed E-state index contributed by atoms with van der Waals surface area (Å²) >= 11 is 11.3. The van der Waals surface area contributed by atoms with E-state index in [9.17, 15) is 0 Å². The first kappa shape index (κ1) is 17.1. The predicted octanol–water partition coefficient (Wildman–Crippen LogP) is 5.60. The Morgan fingerprint density at radius 1 is 0.720 bits per heavy atom. The molecule has 0 aromatic heterocycles. The molecule has 3 aromatic rings. The lowest BCUT2D eigenvalue weighted by atomic mass is 10.2. The van der Waals surface area contributed by atoms with Crippen molar-refractivity contribution < 1.29 is 0 Å². The summed E-state index contributed by atoms with van der Waals surface area (Å²) < 4.78 is 0. The summed E-state index contributed by atoms with van der Waals surface area (Å²) in [4.78, 5) is 4.55. The molecule has 0 amide bonds. The minimum Gasteiger partial charge on any atom is -0.340 e. The third kappa shape index (κ3) is 5.14. The lowest BCUT2D eigenvalue weighted by Crippen LogP contribution is -2.18. The molecule has 0 atom stereocenters. The number of anilines is 2. The molecule has 3 nitrogen and oxygen atoms in total. The van der Waals surface area contributed by atoms with Crippen LogP contribution in [0.15, 0.2) is 89.9 Å². The zero-order valence-electron chi connectivity index (χ0n) is 13.3. The van der Waals surface area contributed by atoms with Crippen LogP contribution in [0.2, 0.25) is 5.02 Å². The highest BCUT2D eigenvalue weighted by Crippen LogP contribution is 2.15. The van der Waals surface area contributed by atoms with Gasteiger partial charge in [0.1, 0.15) is 5.84 Å². The minimum absolute atomic E-state index is 0.381. The SMILES string of the molecule is S=C(/N=C(\Nc1ccc(Cl)cc1)c1ccccc1)Nc1ccccc1. The number of rotatable bonds is 3. The fraction of sp³-hybridized carbons (Fsp3) is 0. The van der Waals surface area contributed by atoms with Gasteiger partial charge in [0.15, 0.2) is 5.11 Å². The molecular formula is C20H16ClN3S. The molecule has 3 aromatic carbocycles. The Labute approximate surface area is 157 Å². The van der Waals surface area contributed by atoms with E-state index in [1.165, 1.54) is 0 Å². The molecule has 25 heavy (non-hydrogen) atoms. The molecule has 3 rings (SSSR count). The number of thiocarbonyl (C=S) groups is 1. The van der Waals surface area contributed by atoms with Crippen LogP contribution in [0.4, 0.5) is 11.4 Å². The Morgan fingerprint density at radius 3 is 1.92 bits per heavy atom. The zero-order chi connectivity index (χ0) is 17.5. The van der Waals surface area contributed by atoms with Crippen molar-refractivity contribution in [3.63, 3.8) is 0 Å². The van der Waals surface area contributed by atoms with Gasteiger partial charge in [0, 0.05) is 22.0 Å². The quantitative estimate of drug-likeness (QED) is 0.360. The van der Waals surface area contributed by atoms with Crippen LogP contribution in [0, 0.1) is 0 Å². The van der Waals surface area contributed by atoms with Gasteiger partial charge in [0.2, 0.25) is 0 Å². The van der Waals surface area contributed by atoms with Gasteiger partial charge in [0.05, 0.1) is 0 Å². The summed E-state index contributed by atoms with van der Waals surface area (Å²) in [5.74, 6) is 0.663. The van der Waals surface area contributed by atoms with E-state index in [-0.39, 0.29) is 0 Å². The highest BCUT2D eigenvalue weighted by molar-refractivity contribution is 7.80. The molecule has 0 heterocycles. The predicted molar refractivity (Wildman–Crippen MR) is 111 cm³/mol. The molecule has 5 heteroatoms. The minimum atomic E-state index is 0.381. The van der Waals surface area contributed by atoms with Crippen molar-refractivity contribution in [1.29, 1.82) is 0 Å². The number of nitrogens with zero attached hydrogens (tertiary/aromatic N) is 1. The van der Waals surface area contributed by atoms with Crippen molar-refractivity contribution in [2.45, 2.75) is 0 Å². The first-order valence-corrected chi connectivity index (χ1v) is 8.52. The molecule has 0 aliphatic heterocycles. The van der Waals surface area contributed by atoms with Crippen molar-refractivity contribution >= 4 is 46.1 Å². The third-order valence-electron chi connectivity index (χ3n) is 3.39. The van der Waals surface area contributed by atoms with Gasteiger partial charge in [-0.25, -0.2) is 4.99 Å². The highest BCUT2D eigenvalue weighted by Gasteiger charge is 2.06. The molecule has 0 saturated carbocycles. The number of aliphatic imine (C=N–C) groups is 1. The number of hydrogen-bond acceptors (Lipinski definition) is 1. The van der Waals surface area contributed by atoms with Crippen molar-refractivity contribution in [2.24, 2.45) is 4.99 Å². The number of amidine groups is 1. The van der Waals surface area contributed by atoms with Crippen molar-refractivity contribution in [2.75, 3.05) is 10.6 Å². The van der Waals surface area contributed by atoms with Gasteiger partial charge in [-0.05, 0) is 48.6 Å². The van der Waals surface area contributed by atoms with Crippen LogP contribution in [0.1, 0.15) is 5.56 Å². The average Bonchev–Trinajstić information content (AvgIpc) is 2.64. The van der Waals surface area contributed by atoms with Crippen LogP contribution < -0.4 is 10.6 Å². The van der Waals surface area contributed by atoms with E-state index in [0.29, 0.717) is 16.0 Å². The second-order valence-corrected chi connectivity index (χ2v) is 6.08. The van der Waals surface area contributed by atoms with Gasteiger partial charge < -0.3 is 10.6 Å². The maximum Gasteiger partial charge on any atom is 0.199 e. The first-order valence-electron chi connectivity index (χ1n) is 7.73. The molecular weight excluding hydrogens is 350 g/mol.